The van der Waals surface area contributed by atoms with E-state index in [4.69, 9.17) is 4.74 Å². The topological polar surface area (TPSA) is 44.7 Å². The van der Waals surface area contributed by atoms with Crippen LogP contribution in [0.15, 0.2) is 22.7 Å². The largest absolute Gasteiger partial charge is 0.388 e. The number of ether oxygens (including phenoxy) is 1. The lowest BCUT2D eigenvalue weighted by Gasteiger charge is -2.39. The van der Waals surface area contributed by atoms with Crippen LogP contribution in [0.3, 0.4) is 0 Å². The molecule has 5 heteroatoms. The first-order valence-corrected chi connectivity index (χ1v) is 8.26. The van der Waals surface area contributed by atoms with Crippen LogP contribution in [-0.4, -0.2) is 44.1 Å². The van der Waals surface area contributed by atoms with Crippen LogP contribution >= 0.6 is 15.9 Å². The van der Waals surface area contributed by atoms with Gasteiger partial charge in [0.15, 0.2) is 0 Å². The number of rotatable bonds is 6. The monoisotopic (exact) mass is 356 g/mol. The van der Waals surface area contributed by atoms with Crippen molar-refractivity contribution in [2.45, 2.75) is 31.9 Å². The van der Waals surface area contributed by atoms with E-state index in [1.807, 2.05) is 6.92 Å². The Kier molecular flexibility index (Phi) is 6.05. The van der Waals surface area contributed by atoms with Crippen LogP contribution in [0.25, 0.3) is 0 Å². The molecule has 0 spiro atoms. The summed E-state index contributed by atoms with van der Waals surface area (Å²) in [5.74, 6) is 0. The fraction of sp³-hybridized carbons (Fsp3) is 0.625. The Morgan fingerprint density at radius 2 is 2.29 bits per heavy atom. The molecule has 1 aromatic carbocycles. The van der Waals surface area contributed by atoms with Gasteiger partial charge in [0.05, 0.1) is 12.2 Å². The second-order valence-corrected chi connectivity index (χ2v) is 6.88. The Hall–Kier alpha value is -0.620. The van der Waals surface area contributed by atoms with Gasteiger partial charge in [0.1, 0.15) is 0 Å². The molecule has 4 nitrogen and oxygen atoms in total. The Labute approximate surface area is 135 Å². The third-order valence-corrected chi connectivity index (χ3v) is 4.35. The number of nitrogens with zero attached hydrogens (tertiary/aromatic N) is 1. The Balaban J connectivity index is 2.11. The average molecular weight is 357 g/mol. The molecule has 1 aliphatic heterocycles. The van der Waals surface area contributed by atoms with Crippen LogP contribution < -0.4 is 10.2 Å². The number of halogens is 1. The van der Waals surface area contributed by atoms with Gasteiger partial charge in [-0.05, 0) is 37.5 Å². The van der Waals surface area contributed by atoms with Crippen molar-refractivity contribution >= 4 is 21.6 Å². The van der Waals surface area contributed by atoms with E-state index in [-0.39, 0.29) is 0 Å². The Morgan fingerprint density at radius 1 is 1.48 bits per heavy atom. The van der Waals surface area contributed by atoms with E-state index in [0.29, 0.717) is 13.2 Å². The van der Waals surface area contributed by atoms with E-state index in [2.05, 4.69) is 44.3 Å². The molecule has 0 aromatic heterocycles. The second-order valence-electron chi connectivity index (χ2n) is 5.96. The highest BCUT2D eigenvalue weighted by molar-refractivity contribution is 9.10. The molecule has 0 bridgehead atoms. The predicted molar refractivity (Wildman–Crippen MR) is 89.8 cm³/mol. The molecule has 0 saturated carbocycles. The first kappa shape index (κ1) is 16.7. The minimum Gasteiger partial charge on any atom is -0.388 e. The van der Waals surface area contributed by atoms with E-state index in [9.17, 15) is 5.11 Å². The number of hydrogen-bond donors (Lipinski definition) is 2. The molecule has 0 radical (unpaired) electrons. The van der Waals surface area contributed by atoms with Crippen LogP contribution in [0.5, 0.6) is 0 Å². The fourth-order valence-electron chi connectivity index (χ4n) is 2.80. The van der Waals surface area contributed by atoms with E-state index in [1.54, 1.807) is 7.11 Å². The van der Waals surface area contributed by atoms with Gasteiger partial charge in [0, 0.05) is 43.4 Å². The number of hydrogen-bond acceptors (Lipinski definition) is 4. The van der Waals surface area contributed by atoms with Crippen LogP contribution in [0.2, 0.25) is 0 Å². The summed E-state index contributed by atoms with van der Waals surface area (Å²) in [5, 5.41) is 13.7. The lowest BCUT2D eigenvalue weighted by atomic mass is 9.94. The SMILES string of the molecule is COCCNCc1ccc(Br)cc1N1CCCC(C)(O)C1. The number of methoxy groups -OCH3 is 1. The molecule has 1 fully saturated rings. The number of β-amino-alcohol motifs (C(OH)–C–C–N with tert-alkyl or cyclic N) is 1. The smallest absolute Gasteiger partial charge is 0.0794 e. The molecule has 1 saturated heterocycles. The molecule has 1 heterocycles. The van der Waals surface area contributed by atoms with Gasteiger partial charge in [-0.15, -0.1) is 0 Å². The highest BCUT2D eigenvalue weighted by Gasteiger charge is 2.29. The molecule has 0 amide bonds. The zero-order valence-corrected chi connectivity index (χ0v) is 14.4. The lowest BCUT2D eigenvalue weighted by molar-refractivity contribution is 0.0449. The number of benzene rings is 1. The predicted octanol–water partition coefficient (Wildman–Crippen LogP) is 2.54. The van der Waals surface area contributed by atoms with Crippen molar-refractivity contribution in [3.63, 3.8) is 0 Å². The van der Waals surface area contributed by atoms with Gasteiger partial charge >= 0.3 is 0 Å². The normalized spacial score (nSPS) is 22.6. The van der Waals surface area contributed by atoms with Gasteiger partial charge < -0.3 is 20.1 Å². The van der Waals surface area contributed by atoms with E-state index in [0.717, 1.165) is 36.9 Å². The molecule has 0 aliphatic carbocycles. The van der Waals surface area contributed by atoms with Gasteiger partial charge in [-0.25, -0.2) is 0 Å². The zero-order chi connectivity index (χ0) is 15.3. The summed E-state index contributed by atoms with van der Waals surface area (Å²) in [6.45, 7) is 5.97. The van der Waals surface area contributed by atoms with Gasteiger partial charge in [0.25, 0.3) is 0 Å². The highest BCUT2D eigenvalue weighted by atomic mass is 79.9. The molecular weight excluding hydrogens is 332 g/mol. The maximum atomic E-state index is 10.3. The molecule has 1 unspecified atom stereocenters. The molecule has 1 aliphatic rings. The van der Waals surface area contributed by atoms with Gasteiger partial charge in [-0.3, -0.25) is 0 Å². The van der Waals surface area contributed by atoms with Crippen LogP contribution in [0, 0.1) is 0 Å². The van der Waals surface area contributed by atoms with Crippen molar-refractivity contribution in [2.75, 3.05) is 38.3 Å². The Morgan fingerprint density at radius 3 is 3.00 bits per heavy atom. The lowest BCUT2D eigenvalue weighted by Crippen LogP contribution is -2.46. The van der Waals surface area contributed by atoms with Crippen molar-refractivity contribution in [1.82, 2.24) is 5.32 Å². The number of nitrogens with one attached hydrogen (secondary N) is 1. The van der Waals surface area contributed by atoms with Crippen molar-refractivity contribution in [2.24, 2.45) is 0 Å². The van der Waals surface area contributed by atoms with Crippen LogP contribution in [0.1, 0.15) is 25.3 Å². The minimum absolute atomic E-state index is 0.596. The quantitative estimate of drug-likeness (QED) is 0.768. The van der Waals surface area contributed by atoms with Crippen molar-refractivity contribution in [3.8, 4) is 0 Å². The van der Waals surface area contributed by atoms with Crippen molar-refractivity contribution in [1.29, 1.82) is 0 Å². The van der Waals surface area contributed by atoms with Gasteiger partial charge in [-0.2, -0.15) is 0 Å². The number of piperidine rings is 1. The standard InChI is InChI=1S/C16H25BrN2O2/c1-16(20)6-3-8-19(12-16)15-10-14(17)5-4-13(15)11-18-7-9-21-2/h4-5,10,18,20H,3,6-9,11-12H2,1-2H3. The summed E-state index contributed by atoms with van der Waals surface area (Å²) in [6.07, 6.45) is 1.90. The molecule has 1 atom stereocenters. The van der Waals surface area contributed by atoms with Crippen molar-refractivity contribution < 1.29 is 9.84 Å². The summed E-state index contributed by atoms with van der Waals surface area (Å²) >= 11 is 3.55. The van der Waals surface area contributed by atoms with Gasteiger partial charge in [0.2, 0.25) is 0 Å². The maximum absolute atomic E-state index is 10.3. The van der Waals surface area contributed by atoms with Gasteiger partial charge in [-0.1, -0.05) is 22.0 Å². The summed E-state index contributed by atoms with van der Waals surface area (Å²) in [4.78, 5) is 2.29. The summed E-state index contributed by atoms with van der Waals surface area (Å²) in [6, 6.07) is 6.36. The zero-order valence-electron chi connectivity index (χ0n) is 12.9. The minimum atomic E-state index is -0.596. The fourth-order valence-corrected chi connectivity index (χ4v) is 3.15. The first-order valence-electron chi connectivity index (χ1n) is 7.47. The molecule has 21 heavy (non-hydrogen) atoms. The number of anilines is 1. The molecule has 2 N–H and O–H groups in total. The van der Waals surface area contributed by atoms with Crippen LogP contribution in [-0.2, 0) is 11.3 Å². The number of aliphatic hydroxyl groups is 1. The summed E-state index contributed by atoms with van der Waals surface area (Å²) in [5.41, 5.74) is 1.86. The third-order valence-electron chi connectivity index (χ3n) is 3.86. The first-order chi connectivity index (χ1) is 10.0. The average Bonchev–Trinajstić information content (AvgIpc) is 2.44. The molecular formula is C16H25BrN2O2. The molecule has 1 aromatic rings. The second kappa shape index (κ2) is 7.58. The molecule has 2 rings (SSSR count). The van der Waals surface area contributed by atoms with E-state index < -0.39 is 5.60 Å². The van der Waals surface area contributed by atoms with Crippen LogP contribution in [0.4, 0.5) is 5.69 Å². The summed E-state index contributed by atoms with van der Waals surface area (Å²) in [7, 11) is 1.71. The maximum Gasteiger partial charge on any atom is 0.0794 e. The Bertz CT molecular complexity index is 466. The van der Waals surface area contributed by atoms with Crippen molar-refractivity contribution in [3.05, 3.63) is 28.2 Å². The molecule has 118 valence electrons. The highest BCUT2D eigenvalue weighted by Crippen LogP contribution is 2.30. The van der Waals surface area contributed by atoms with E-state index in [1.165, 1.54) is 11.3 Å². The summed E-state index contributed by atoms with van der Waals surface area (Å²) < 4.78 is 6.13. The third kappa shape index (κ3) is 4.95. The van der Waals surface area contributed by atoms with E-state index >= 15 is 0 Å².